The second kappa shape index (κ2) is 5.96. The van der Waals surface area contributed by atoms with Crippen molar-refractivity contribution in [1.82, 2.24) is 5.32 Å². The summed E-state index contributed by atoms with van der Waals surface area (Å²) in [5.74, 6) is 0. The molecule has 0 aliphatic heterocycles. The van der Waals surface area contributed by atoms with Crippen molar-refractivity contribution in [2.45, 2.75) is 19.1 Å². The van der Waals surface area contributed by atoms with Crippen molar-refractivity contribution >= 4 is 27.3 Å². The molecule has 92 valence electrons. The molecule has 17 heavy (non-hydrogen) atoms. The van der Waals surface area contributed by atoms with Crippen molar-refractivity contribution in [2.24, 2.45) is 0 Å². The third-order valence-electron chi connectivity index (χ3n) is 1.98. The Labute approximate surface area is 105 Å². The molecule has 0 spiro atoms. The molecular weight excluding hydrogens is 298 g/mol. The second-order valence-corrected chi connectivity index (χ2v) is 4.41. The molecule has 2 radical (unpaired) electrons. The Balaban J connectivity index is 2.90. The number of amides is 1. The molecule has 2 N–H and O–H groups in total. The third-order valence-corrected chi connectivity index (χ3v) is 2.53. The average molecular weight is 307 g/mol. The van der Waals surface area contributed by atoms with Crippen LogP contribution in [0.4, 0.5) is 18.0 Å². The van der Waals surface area contributed by atoms with E-state index in [4.69, 9.17) is 5.11 Å². The van der Waals surface area contributed by atoms with E-state index < -0.39 is 18.7 Å². The number of nitrogens with one attached hydrogen (secondary N) is 1. The Morgan fingerprint density at radius 3 is 2.53 bits per heavy atom. The van der Waals surface area contributed by atoms with Crippen LogP contribution in [0.15, 0.2) is 18.2 Å². The van der Waals surface area contributed by atoms with Crippen molar-refractivity contribution in [3.05, 3.63) is 29.3 Å². The Kier molecular flexibility index (Phi) is 4.87. The Hall–Kier alpha value is -1.16. The van der Waals surface area contributed by atoms with Crippen LogP contribution in [0.25, 0.3) is 0 Å². The van der Waals surface area contributed by atoms with Gasteiger partial charge in [0.1, 0.15) is 0 Å². The van der Waals surface area contributed by atoms with Gasteiger partial charge in [-0.2, -0.15) is 0 Å². The van der Waals surface area contributed by atoms with Gasteiger partial charge in [0.2, 0.25) is 0 Å². The predicted octanol–water partition coefficient (Wildman–Crippen LogP) is 1.52. The van der Waals surface area contributed by atoms with E-state index in [1.54, 1.807) is 6.07 Å². The van der Waals surface area contributed by atoms with Crippen LogP contribution in [0.3, 0.4) is 0 Å². The van der Waals surface area contributed by atoms with Crippen LogP contribution in [0.5, 0.6) is 0 Å². The standard InChI is InChI=1S/C10H9AsF3NO2/c11-7-2-5(4-15-10(16)17)1-6(3-7)8(12)9(13)14/h1-3,8-9,15H,4H2,(H,16,17). The zero-order chi connectivity index (χ0) is 13.0. The molecular formula is C10H9AsF3NO2. The van der Waals surface area contributed by atoms with Crippen LogP contribution >= 0.6 is 0 Å². The van der Waals surface area contributed by atoms with Gasteiger partial charge in [-0.25, -0.2) is 0 Å². The molecule has 1 unspecified atom stereocenters. The molecule has 1 rings (SSSR count). The molecule has 1 amide bonds. The first-order chi connectivity index (χ1) is 7.90. The third kappa shape index (κ3) is 4.30. The molecule has 1 aromatic rings. The second-order valence-electron chi connectivity index (χ2n) is 3.33. The normalized spacial score (nSPS) is 12.5. The van der Waals surface area contributed by atoms with Crippen molar-refractivity contribution in [3.63, 3.8) is 0 Å². The molecule has 1 atom stereocenters. The minimum atomic E-state index is -3.09. The summed E-state index contributed by atoms with van der Waals surface area (Å²) in [6.45, 7) is -0.0517. The summed E-state index contributed by atoms with van der Waals surface area (Å²) < 4.78 is 38.1. The fourth-order valence-corrected chi connectivity index (χ4v) is 1.94. The van der Waals surface area contributed by atoms with Crippen LogP contribution in [0.2, 0.25) is 0 Å². The average Bonchev–Trinajstić information content (AvgIpc) is 2.24. The van der Waals surface area contributed by atoms with E-state index in [1.165, 1.54) is 12.1 Å². The number of hydrogen-bond acceptors (Lipinski definition) is 1. The van der Waals surface area contributed by atoms with Crippen molar-refractivity contribution in [2.75, 3.05) is 0 Å². The summed E-state index contributed by atoms with van der Waals surface area (Å²) in [6.07, 6.45) is -6.68. The van der Waals surface area contributed by atoms with Gasteiger partial charge in [-0.15, -0.1) is 0 Å². The van der Waals surface area contributed by atoms with Gasteiger partial charge >= 0.3 is 104 Å². The van der Waals surface area contributed by atoms with Crippen molar-refractivity contribution in [3.8, 4) is 0 Å². The molecule has 0 saturated carbocycles. The van der Waals surface area contributed by atoms with Gasteiger partial charge in [0.05, 0.1) is 0 Å². The van der Waals surface area contributed by atoms with Crippen LogP contribution in [0.1, 0.15) is 17.3 Å². The molecule has 0 bridgehead atoms. The summed E-state index contributed by atoms with van der Waals surface area (Å²) in [6, 6.07) is 4.10. The SMILES string of the molecule is O=C(O)NCc1cc([As])cc(C(F)C(F)F)c1. The van der Waals surface area contributed by atoms with E-state index in [9.17, 15) is 18.0 Å². The van der Waals surface area contributed by atoms with E-state index in [0.717, 1.165) is 0 Å². The van der Waals surface area contributed by atoms with Crippen molar-refractivity contribution in [1.29, 1.82) is 0 Å². The molecule has 1 aromatic carbocycles. The van der Waals surface area contributed by atoms with E-state index >= 15 is 0 Å². The summed E-state index contributed by atoms with van der Waals surface area (Å²) >= 11 is 2.10. The van der Waals surface area contributed by atoms with E-state index in [-0.39, 0.29) is 12.1 Å². The number of benzene rings is 1. The Morgan fingerprint density at radius 2 is 2.00 bits per heavy atom. The fraction of sp³-hybridized carbons (Fsp3) is 0.300. The number of carbonyl (C=O) groups is 1. The Morgan fingerprint density at radius 1 is 1.35 bits per heavy atom. The predicted molar refractivity (Wildman–Crippen MR) is 56.5 cm³/mol. The minimum absolute atomic E-state index is 0.0517. The molecule has 0 aromatic heterocycles. The van der Waals surface area contributed by atoms with Gasteiger partial charge in [-0.1, -0.05) is 0 Å². The number of halogens is 3. The first kappa shape index (κ1) is 13.9. The van der Waals surface area contributed by atoms with Crippen LogP contribution < -0.4 is 9.67 Å². The summed E-state index contributed by atoms with van der Waals surface area (Å²) in [5.41, 5.74) is 0.282. The first-order valence-corrected chi connectivity index (χ1v) is 5.56. The molecule has 0 fully saturated rings. The van der Waals surface area contributed by atoms with E-state index in [2.05, 4.69) is 22.2 Å². The maximum absolute atomic E-state index is 13.1. The zero-order valence-electron chi connectivity index (χ0n) is 8.53. The van der Waals surface area contributed by atoms with Gasteiger partial charge in [-0.05, 0) is 0 Å². The molecule has 3 nitrogen and oxygen atoms in total. The number of carboxylic acid groups (broad SMARTS) is 1. The molecule has 0 aliphatic rings. The number of hydrogen-bond donors (Lipinski definition) is 2. The molecule has 0 aliphatic carbocycles. The maximum atomic E-state index is 13.1. The van der Waals surface area contributed by atoms with Crippen LogP contribution in [-0.2, 0) is 6.54 Å². The molecule has 7 heteroatoms. The van der Waals surface area contributed by atoms with E-state index in [1.807, 2.05) is 0 Å². The van der Waals surface area contributed by atoms with E-state index in [0.29, 0.717) is 9.91 Å². The van der Waals surface area contributed by atoms with Crippen LogP contribution in [-0.4, -0.2) is 34.5 Å². The Bertz CT molecular complexity index is 415. The number of rotatable bonds is 4. The topological polar surface area (TPSA) is 49.3 Å². The quantitative estimate of drug-likeness (QED) is 0.829. The van der Waals surface area contributed by atoms with Crippen molar-refractivity contribution < 1.29 is 23.1 Å². The van der Waals surface area contributed by atoms with Gasteiger partial charge in [0, 0.05) is 0 Å². The first-order valence-electron chi connectivity index (χ1n) is 4.62. The van der Waals surface area contributed by atoms with Gasteiger partial charge in [0.25, 0.3) is 0 Å². The summed E-state index contributed by atoms with van der Waals surface area (Å²) in [7, 11) is 0. The van der Waals surface area contributed by atoms with Gasteiger partial charge in [0.15, 0.2) is 0 Å². The zero-order valence-corrected chi connectivity index (χ0v) is 10.4. The summed E-state index contributed by atoms with van der Waals surface area (Å²) in [5, 5.41) is 10.5. The van der Waals surface area contributed by atoms with Gasteiger partial charge < -0.3 is 0 Å². The van der Waals surface area contributed by atoms with Gasteiger partial charge in [-0.3, -0.25) is 0 Å². The fourth-order valence-electron chi connectivity index (χ4n) is 1.28. The molecule has 0 saturated heterocycles. The van der Waals surface area contributed by atoms with Crippen LogP contribution in [0, 0.1) is 0 Å². The monoisotopic (exact) mass is 307 g/mol. The number of alkyl halides is 3. The summed E-state index contributed by atoms with van der Waals surface area (Å²) in [4.78, 5) is 10.3. The molecule has 0 heterocycles.